The molecule has 0 spiro atoms. The molecule has 2 aliphatic rings. The van der Waals surface area contributed by atoms with Crippen molar-refractivity contribution in [2.75, 3.05) is 6.16 Å². The fourth-order valence-electron chi connectivity index (χ4n) is 4.46. The molecule has 3 unspecified atom stereocenters. The van der Waals surface area contributed by atoms with Crippen LogP contribution in [0.4, 0.5) is 0 Å². The maximum absolute atomic E-state index is 2.57. The van der Waals surface area contributed by atoms with Gasteiger partial charge in [-0.2, -0.15) is 0 Å². The highest BCUT2D eigenvalue weighted by atomic mass is 31.2. The quantitative estimate of drug-likeness (QED) is 0.414. The average molecular weight is 225 g/mol. The molecule has 2 aliphatic heterocycles. The van der Waals surface area contributed by atoms with Gasteiger partial charge in [-0.1, -0.05) is 0 Å². The molecule has 0 amide bonds. The highest BCUT2D eigenvalue weighted by Crippen LogP contribution is 2.84. The topological polar surface area (TPSA) is 0 Å². The lowest BCUT2D eigenvalue weighted by atomic mass is 10.0. The number of hydrogen-bond acceptors (Lipinski definition) is 0. The third-order valence-electron chi connectivity index (χ3n) is 5.04. The Kier molecular flexibility index (Phi) is 2.59. The van der Waals surface area contributed by atoms with Crippen molar-refractivity contribution in [2.45, 2.75) is 69.9 Å². The van der Waals surface area contributed by atoms with Gasteiger partial charge in [-0.05, 0) is 66.0 Å². The maximum Gasteiger partial charge on any atom is 0.0961 e. The standard InChI is InChI=1S/C14H26P/c1-12-8-6-9-14(5)10-7-11-15(12,14)13(2,3)4/h7,10,12H,6,8-9,11H2,1-5H3/q+1. The van der Waals surface area contributed by atoms with Gasteiger partial charge in [0, 0.05) is 7.26 Å². The van der Waals surface area contributed by atoms with Crippen molar-refractivity contribution < 1.29 is 0 Å². The van der Waals surface area contributed by atoms with Gasteiger partial charge in [0.1, 0.15) is 0 Å². The zero-order chi connectivity index (χ0) is 11.3. The third kappa shape index (κ3) is 1.37. The van der Waals surface area contributed by atoms with Crippen molar-refractivity contribution in [1.29, 1.82) is 0 Å². The number of fused-ring (bicyclic) bond motifs is 1. The van der Waals surface area contributed by atoms with Crippen molar-refractivity contribution in [2.24, 2.45) is 0 Å². The Bertz CT molecular complexity index is 286. The van der Waals surface area contributed by atoms with Gasteiger partial charge in [0.25, 0.3) is 0 Å². The van der Waals surface area contributed by atoms with Gasteiger partial charge in [-0.3, -0.25) is 0 Å². The summed E-state index contributed by atoms with van der Waals surface area (Å²) in [5, 5.41) is 1.11. The van der Waals surface area contributed by atoms with Crippen LogP contribution in [0.2, 0.25) is 0 Å². The van der Waals surface area contributed by atoms with E-state index in [4.69, 9.17) is 0 Å². The summed E-state index contributed by atoms with van der Waals surface area (Å²) >= 11 is 0. The van der Waals surface area contributed by atoms with E-state index >= 15 is 0 Å². The molecule has 2 heterocycles. The summed E-state index contributed by atoms with van der Waals surface area (Å²) in [7, 11) is -0.849. The van der Waals surface area contributed by atoms with Crippen LogP contribution in [0.25, 0.3) is 0 Å². The van der Waals surface area contributed by atoms with E-state index in [1.54, 1.807) is 0 Å². The van der Waals surface area contributed by atoms with Crippen LogP contribution in [0.5, 0.6) is 0 Å². The van der Waals surface area contributed by atoms with E-state index in [-0.39, 0.29) is 0 Å². The fraction of sp³-hybridized carbons (Fsp3) is 0.857. The van der Waals surface area contributed by atoms with Gasteiger partial charge >= 0.3 is 0 Å². The van der Waals surface area contributed by atoms with E-state index in [9.17, 15) is 0 Å². The van der Waals surface area contributed by atoms with Crippen molar-refractivity contribution in [1.82, 2.24) is 0 Å². The SMILES string of the molecule is CC1CCCC2(C)C=CC[P+]12C(C)(C)C. The minimum atomic E-state index is -0.849. The molecule has 3 atom stereocenters. The second-order valence-corrected chi connectivity index (χ2v) is 12.1. The fourth-order valence-corrected chi connectivity index (χ4v) is 11.6. The van der Waals surface area contributed by atoms with Crippen molar-refractivity contribution in [3.8, 4) is 0 Å². The summed E-state index contributed by atoms with van der Waals surface area (Å²) in [5.74, 6) is 0. The monoisotopic (exact) mass is 225 g/mol. The molecule has 0 aliphatic carbocycles. The molecule has 0 bridgehead atoms. The first kappa shape index (κ1) is 11.6. The summed E-state index contributed by atoms with van der Waals surface area (Å²) in [5.41, 5.74) is 0.978. The zero-order valence-electron chi connectivity index (χ0n) is 11.0. The Balaban J connectivity index is 2.49. The van der Waals surface area contributed by atoms with Crippen molar-refractivity contribution in [3.05, 3.63) is 12.2 Å². The molecular formula is C14H26P+. The van der Waals surface area contributed by atoms with Gasteiger partial charge in [0.05, 0.1) is 22.1 Å². The highest BCUT2D eigenvalue weighted by Gasteiger charge is 2.66. The Hall–Kier alpha value is 0.170. The van der Waals surface area contributed by atoms with E-state index in [1.165, 1.54) is 25.4 Å². The van der Waals surface area contributed by atoms with Crippen LogP contribution < -0.4 is 0 Å². The first-order chi connectivity index (χ1) is 6.83. The molecule has 0 aromatic carbocycles. The molecule has 1 heteroatoms. The molecule has 0 radical (unpaired) electrons. The molecule has 0 aromatic heterocycles. The molecule has 86 valence electrons. The van der Waals surface area contributed by atoms with E-state index in [2.05, 4.69) is 46.8 Å². The predicted molar refractivity (Wildman–Crippen MR) is 72.4 cm³/mol. The van der Waals surface area contributed by atoms with Crippen LogP contribution in [-0.2, 0) is 0 Å². The first-order valence-corrected chi connectivity index (χ1v) is 8.43. The molecule has 0 saturated carbocycles. The lowest BCUT2D eigenvalue weighted by Crippen LogP contribution is -2.43. The predicted octanol–water partition coefficient (Wildman–Crippen LogP) is 4.70. The average Bonchev–Trinajstić information content (AvgIpc) is 2.43. The summed E-state index contributed by atoms with van der Waals surface area (Å²) in [6, 6.07) is 0. The molecule has 0 N–H and O–H groups in total. The van der Waals surface area contributed by atoms with Gasteiger partial charge in [0.15, 0.2) is 0 Å². The van der Waals surface area contributed by atoms with Crippen molar-refractivity contribution >= 4 is 7.26 Å². The van der Waals surface area contributed by atoms with Crippen molar-refractivity contribution in [3.63, 3.8) is 0 Å². The Morgan fingerprint density at radius 3 is 2.53 bits per heavy atom. The summed E-state index contributed by atoms with van der Waals surface area (Å²) in [6.07, 6.45) is 10.8. The van der Waals surface area contributed by atoms with E-state index < -0.39 is 7.26 Å². The first-order valence-electron chi connectivity index (χ1n) is 6.39. The lowest BCUT2D eigenvalue weighted by Gasteiger charge is -2.52. The summed E-state index contributed by atoms with van der Waals surface area (Å²) in [6.45, 7) is 12.6. The summed E-state index contributed by atoms with van der Waals surface area (Å²) < 4.78 is 0. The zero-order valence-corrected chi connectivity index (χ0v) is 11.9. The number of allylic oxidation sites excluding steroid dienone is 2. The van der Waals surface area contributed by atoms with Crippen LogP contribution in [0.3, 0.4) is 0 Å². The number of rotatable bonds is 0. The molecule has 0 nitrogen and oxygen atoms in total. The molecule has 2 rings (SSSR count). The Labute approximate surface area is 95.9 Å². The lowest BCUT2D eigenvalue weighted by molar-refractivity contribution is 0.534. The van der Waals surface area contributed by atoms with Crippen LogP contribution in [0.1, 0.15) is 53.9 Å². The van der Waals surface area contributed by atoms with Gasteiger partial charge < -0.3 is 0 Å². The second-order valence-electron chi connectivity index (χ2n) is 6.72. The second kappa shape index (κ2) is 3.33. The summed E-state index contributed by atoms with van der Waals surface area (Å²) in [4.78, 5) is 0. The van der Waals surface area contributed by atoms with E-state index in [0.717, 1.165) is 5.66 Å². The molecule has 1 fully saturated rings. The van der Waals surface area contributed by atoms with Gasteiger partial charge in [-0.15, -0.1) is 0 Å². The highest BCUT2D eigenvalue weighted by molar-refractivity contribution is 7.80. The largest absolute Gasteiger partial charge is 0.0961 e. The minimum Gasteiger partial charge on any atom is -0.0474 e. The Morgan fingerprint density at radius 1 is 1.33 bits per heavy atom. The van der Waals surface area contributed by atoms with Crippen LogP contribution in [0.15, 0.2) is 12.2 Å². The Morgan fingerprint density at radius 2 is 2.00 bits per heavy atom. The maximum atomic E-state index is 2.57. The molecule has 0 aromatic rings. The van der Waals surface area contributed by atoms with Crippen LogP contribution in [-0.4, -0.2) is 22.1 Å². The molecule has 15 heavy (non-hydrogen) atoms. The normalized spacial score (nSPS) is 45.5. The van der Waals surface area contributed by atoms with Gasteiger partial charge in [0.2, 0.25) is 0 Å². The van der Waals surface area contributed by atoms with E-state index in [0.29, 0.717) is 10.3 Å². The third-order valence-corrected chi connectivity index (χ3v) is 12.2. The van der Waals surface area contributed by atoms with Crippen LogP contribution in [0, 0.1) is 0 Å². The number of hydrogen-bond donors (Lipinski definition) is 0. The van der Waals surface area contributed by atoms with E-state index in [1.807, 2.05) is 0 Å². The van der Waals surface area contributed by atoms with Crippen LogP contribution >= 0.6 is 7.26 Å². The smallest absolute Gasteiger partial charge is 0.0474 e. The molecular weight excluding hydrogens is 199 g/mol. The molecule has 1 saturated heterocycles. The minimum absolute atomic E-state index is 0.533. The van der Waals surface area contributed by atoms with Gasteiger partial charge in [-0.25, -0.2) is 0 Å².